The van der Waals surface area contributed by atoms with E-state index >= 15 is 0 Å². The number of anilines is 2. The molecule has 2 saturated carbocycles. The van der Waals surface area contributed by atoms with Gasteiger partial charge < -0.3 is 25.4 Å². The molecular weight excluding hydrogens is 537 g/mol. The maximum Gasteiger partial charge on any atom is 0.573 e. The van der Waals surface area contributed by atoms with E-state index in [1.54, 1.807) is 6.07 Å². The second-order valence-electron chi connectivity index (χ2n) is 11.8. The molecule has 3 N–H and O–H groups in total. The molecule has 2 fully saturated rings. The minimum Gasteiger partial charge on any atom is -0.444 e. The van der Waals surface area contributed by atoms with Crippen molar-refractivity contribution in [1.29, 1.82) is 5.26 Å². The number of nitrogens with one attached hydrogen (secondary N) is 3. The van der Waals surface area contributed by atoms with Gasteiger partial charge in [0.1, 0.15) is 28.8 Å². The number of fused-ring (bicyclic) bond motifs is 2. The van der Waals surface area contributed by atoms with Gasteiger partial charge >= 0.3 is 12.5 Å². The smallest absolute Gasteiger partial charge is 0.444 e. The van der Waals surface area contributed by atoms with Crippen molar-refractivity contribution in [2.75, 3.05) is 23.7 Å². The van der Waals surface area contributed by atoms with Gasteiger partial charge in [-0.25, -0.2) is 9.78 Å². The number of hydrogen-bond donors (Lipinski definition) is 3. The molecule has 2 aliphatic carbocycles. The molecule has 2 aromatic rings. The molecule has 1 heterocycles. The van der Waals surface area contributed by atoms with E-state index in [2.05, 4.69) is 36.7 Å². The molecule has 2 aliphatic rings. The second kappa shape index (κ2) is 12.8. The van der Waals surface area contributed by atoms with E-state index in [0.29, 0.717) is 42.6 Å². The summed E-state index contributed by atoms with van der Waals surface area (Å²) >= 11 is 0. The first-order valence-corrected chi connectivity index (χ1v) is 14.0. The number of carbonyl (C=O) groups is 1. The predicted molar refractivity (Wildman–Crippen MR) is 147 cm³/mol. The SMILES string of the molecule is CC(C)(C)OC(=O)NCC1[C@@H]2CCC[C@H]1CC(CNc1nc(NCc3ccccc3OC(F)(F)F)ncc1C#N)C2. The third-order valence-corrected chi connectivity index (χ3v) is 7.62. The largest absolute Gasteiger partial charge is 0.573 e. The number of para-hydroxylation sites is 1. The van der Waals surface area contributed by atoms with Gasteiger partial charge in [-0.2, -0.15) is 10.2 Å². The quantitative estimate of drug-likeness (QED) is 0.322. The van der Waals surface area contributed by atoms with E-state index in [9.17, 15) is 23.2 Å². The number of nitrogens with zero attached hydrogens (tertiary/aromatic N) is 3. The van der Waals surface area contributed by atoms with E-state index in [-0.39, 0.29) is 35.5 Å². The van der Waals surface area contributed by atoms with Gasteiger partial charge in [0.15, 0.2) is 0 Å². The Morgan fingerprint density at radius 3 is 2.46 bits per heavy atom. The molecule has 0 spiro atoms. The standard InChI is InChI=1S/C29H37F3N6O3/c1-28(2,3)41-27(39)37-17-23-19-8-6-9-20(23)12-18(11-19)14-34-25-22(13-33)16-36-26(38-25)35-15-21-7-4-5-10-24(21)40-29(30,31)32/h4-5,7,10,16,18-20,23H,6,8-9,11-12,14-15,17H2,1-3H3,(H,37,39)(H2,34,35,36,38)/t18?,19-,20+,23?. The molecule has 1 amide bonds. The molecule has 1 aromatic heterocycles. The summed E-state index contributed by atoms with van der Waals surface area (Å²) in [5.41, 5.74) is 0.0390. The molecule has 2 unspecified atom stereocenters. The number of ether oxygens (including phenoxy) is 2. The average molecular weight is 575 g/mol. The van der Waals surface area contributed by atoms with Crippen molar-refractivity contribution in [2.24, 2.45) is 23.7 Å². The molecule has 222 valence electrons. The molecule has 12 heteroatoms. The van der Waals surface area contributed by atoms with Crippen molar-refractivity contribution in [2.45, 2.75) is 71.4 Å². The fraction of sp³-hybridized carbons (Fsp3) is 0.586. The molecular formula is C29H37F3N6O3. The van der Waals surface area contributed by atoms with Gasteiger partial charge in [-0.15, -0.1) is 13.2 Å². The molecule has 0 saturated heterocycles. The molecule has 0 aliphatic heterocycles. The zero-order chi connectivity index (χ0) is 29.6. The number of carbonyl (C=O) groups excluding carboxylic acids is 1. The molecule has 0 radical (unpaired) electrons. The number of nitriles is 1. The number of benzene rings is 1. The molecule has 4 rings (SSSR count). The lowest BCUT2D eigenvalue weighted by Crippen LogP contribution is -2.45. The first-order valence-electron chi connectivity index (χ1n) is 14.0. The maximum absolute atomic E-state index is 12.8. The maximum atomic E-state index is 12.8. The highest BCUT2D eigenvalue weighted by Crippen LogP contribution is 2.46. The molecule has 2 bridgehead atoms. The number of alkyl carbamates (subject to hydrolysis) is 1. The summed E-state index contributed by atoms with van der Waals surface area (Å²) < 4.78 is 47.8. The van der Waals surface area contributed by atoms with Gasteiger partial charge in [0, 0.05) is 25.2 Å². The summed E-state index contributed by atoms with van der Waals surface area (Å²) in [5.74, 6) is 2.06. The highest BCUT2D eigenvalue weighted by atomic mass is 19.4. The third kappa shape index (κ3) is 8.87. The third-order valence-electron chi connectivity index (χ3n) is 7.62. The fourth-order valence-corrected chi connectivity index (χ4v) is 5.98. The summed E-state index contributed by atoms with van der Waals surface area (Å²) in [5, 5.41) is 18.8. The first kappa shape index (κ1) is 30.2. The minimum atomic E-state index is -4.80. The monoisotopic (exact) mass is 574 g/mol. The Kier molecular flexibility index (Phi) is 9.46. The van der Waals surface area contributed by atoms with Gasteiger partial charge in [0.2, 0.25) is 5.95 Å². The Morgan fingerprint density at radius 1 is 1.10 bits per heavy atom. The Labute approximate surface area is 238 Å². The fourth-order valence-electron chi connectivity index (χ4n) is 5.98. The summed E-state index contributed by atoms with van der Waals surface area (Å²) in [6, 6.07) is 7.94. The zero-order valence-electron chi connectivity index (χ0n) is 23.6. The topological polar surface area (TPSA) is 121 Å². The van der Waals surface area contributed by atoms with Crippen LogP contribution < -0.4 is 20.7 Å². The van der Waals surface area contributed by atoms with Crippen molar-refractivity contribution in [3.63, 3.8) is 0 Å². The van der Waals surface area contributed by atoms with E-state index < -0.39 is 12.0 Å². The van der Waals surface area contributed by atoms with Crippen molar-refractivity contribution >= 4 is 17.9 Å². The summed E-state index contributed by atoms with van der Waals surface area (Å²) in [4.78, 5) is 20.8. The lowest BCUT2D eigenvalue weighted by molar-refractivity contribution is -0.274. The number of aromatic nitrogens is 2. The molecule has 9 nitrogen and oxygen atoms in total. The van der Waals surface area contributed by atoms with Crippen LogP contribution in [0.4, 0.5) is 29.7 Å². The zero-order valence-corrected chi connectivity index (χ0v) is 23.6. The van der Waals surface area contributed by atoms with Crippen LogP contribution in [0, 0.1) is 35.0 Å². The Morgan fingerprint density at radius 2 is 1.80 bits per heavy atom. The molecule has 1 aromatic carbocycles. The Balaban J connectivity index is 1.34. The number of rotatable bonds is 9. The van der Waals surface area contributed by atoms with Crippen LogP contribution >= 0.6 is 0 Å². The van der Waals surface area contributed by atoms with E-state index in [1.165, 1.54) is 30.8 Å². The number of alkyl halides is 3. The van der Waals surface area contributed by atoms with Gasteiger partial charge in [-0.3, -0.25) is 0 Å². The number of amides is 1. The molecule has 41 heavy (non-hydrogen) atoms. The van der Waals surface area contributed by atoms with Crippen molar-refractivity contribution in [3.05, 3.63) is 41.6 Å². The van der Waals surface area contributed by atoms with Crippen LogP contribution in [0.3, 0.4) is 0 Å². The van der Waals surface area contributed by atoms with Crippen LogP contribution in [-0.4, -0.2) is 41.1 Å². The minimum absolute atomic E-state index is 0.00228. The van der Waals surface area contributed by atoms with Gasteiger partial charge in [0.25, 0.3) is 0 Å². The van der Waals surface area contributed by atoms with E-state index in [0.717, 1.165) is 25.7 Å². The number of halogens is 3. The highest BCUT2D eigenvalue weighted by Gasteiger charge is 2.40. The van der Waals surface area contributed by atoms with Crippen molar-refractivity contribution in [1.82, 2.24) is 15.3 Å². The highest BCUT2D eigenvalue weighted by molar-refractivity contribution is 5.67. The lowest BCUT2D eigenvalue weighted by atomic mass is 9.61. The summed E-state index contributed by atoms with van der Waals surface area (Å²) in [6.07, 6.45) is 1.67. The summed E-state index contributed by atoms with van der Waals surface area (Å²) in [7, 11) is 0. The van der Waals surface area contributed by atoms with Crippen LogP contribution in [0.25, 0.3) is 0 Å². The molecule has 4 atom stereocenters. The van der Waals surface area contributed by atoms with Crippen LogP contribution in [0.15, 0.2) is 30.5 Å². The van der Waals surface area contributed by atoms with Gasteiger partial charge in [-0.1, -0.05) is 37.5 Å². The van der Waals surface area contributed by atoms with E-state index in [4.69, 9.17) is 4.74 Å². The van der Waals surface area contributed by atoms with Gasteiger partial charge in [-0.05, 0) is 63.4 Å². The van der Waals surface area contributed by atoms with Gasteiger partial charge in [0.05, 0.1) is 6.20 Å². The Bertz CT molecular complexity index is 1230. The van der Waals surface area contributed by atoms with Crippen LogP contribution in [0.2, 0.25) is 0 Å². The average Bonchev–Trinajstić information content (AvgIpc) is 2.88. The first-order chi connectivity index (χ1) is 19.4. The van der Waals surface area contributed by atoms with Crippen LogP contribution in [0.1, 0.15) is 64.0 Å². The second-order valence-corrected chi connectivity index (χ2v) is 11.8. The number of hydrogen-bond acceptors (Lipinski definition) is 8. The lowest BCUT2D eigenvalue weighted by Gasteiger charge is -2.46. The Hall–Kier alpha value is -3.75. The van der Waals surface area contributed by atoms with Crippen molar-refractivity contribution in [3.8, 4) is 11.8 Å². The van der Waals surface area contributed by atoms with Crippen molar-refractivity contribution < 1.29 is 27.4 Å². The predicted octanol–water partition coefficient (Wildman–Crippen LogP) is 6.24. The van der Waals surface area contributed by atoms with E-state index in [1.807, 2.05) is 20.8 Å². The normalized spacial score (nSPS) is 22.3. The summed E-state index contributed by atoms with van der Waals surface area (Å²) in [6.45, 7) is 6.79. The van der Waals surface area contributed by atoms with Crippen LogP contribution in [-0.2, 0) is 11.3 Å². The van der Waals surface area contributed by atoms with Crippen LogP contribution in [0.5, 0.6) is 5.75 Å².